The van der Waals surface area contributed by atoms with E-state index in [-0.39, 0.29) is 0 Å². The maximum Gasteiger partial charge on any atom is 0.137 e. The van der Waals surface area contributed by atoms with E-state index in [0.29, 0.717) is 6.42 Å². The van der Waals surface area contributed by atoms with Gasteiger partial charge in [-0.25, -0.2) is 4.98 Å². The van der Waals surface area contributed by atoms with Gasteiger partial charge in [0.2, 0.25) is 0 Å². The normalized spacial score (nSPS) is 10.4. The van der Waals surface area contributed by atoms with E-state index in [4.69, 9.17) is 5.26 Å². The molecule has 0 aliphatic carbocycles. The van der Waals surface area contributed by atoms with Crippen LogP contribution >= 0.6 is 0 Å². The minimum atomic E-state index is 0.358. The third-order valence-electron chi connectivity index (χ3n) is 3.28. The summed E-state index contributed by atoms with van der Waals surface area (Å²) in [6.45, 7) is 4.16. The molecule has 1 N–H and O–H groups in total. The zero-order chi connectivity index (χ0) is 13.7. The molecule has 0 atom stereocenters. The summed E-state index contributed by atoms with van der Waals surface area (Å²) < 4.78 is 0. The predicted octanol–water partition coefficient (Wildman–Crippen LogP) is 3.79. The lowest BCUT2D eigenvalue weighted by Crippen LogP contribution is -1.86. The van der Waals surface area contributed by atoms with Gasteiger partial charge in [-0.2, -0.15) is 5.26 Å². The molecule has 0 unspecified atom stereocenters. The molecular formula is C16H19N3. The Morgan fingerprint density at radius 3 is 2.63 bits per heavy atom. The number of unbranched alkanes of at least 4 members (excludes halogenated alkanes) is 1. The fraction of sp³-hybridized carbons (Fsp3) is 0.375. The second-order valence-electron chi connectivity index (χ2n) is 4.79. The molecule has 98 valence electrons. The van der Waals surface area contributed by atoms with Crippen LogP contribution in [0, 0.1) is 18.3 Å². The number of rotatable bonds is 5. The number of imidazole rings is 1. The Morgan fingerprint density at radius 1 is 1.26 bits per heavy atom. The highest BCUT2D eigenvalue weighted by molar-refractivity contribution is 5.56. The Kier molecular flexibility index (Phi) is 4.35. The summed E-state index contributed by atoms with van der Waals surface area (Å²) in [5, 5.41) is 8.74. The molecular weight excluding hydrogens is 234 g/mol. The number of nitrogens with zero attached hydrogens (tertiary/aromatic N) is 2. The van der Waals surface area contributed by atoms with Gasteiger partial charge in [-0.1, -0.05) is 37.6 Å². The lowest BCUT2D eigenvalue weighted by Gasteiger charge is -2.01. The first-order chi connectivity index (χ1) is 9.24. The molecule has 0 saturated carbocycles. The number of aryl methyl sites for hydroxylation is 2. The second-order valence-corrected chi connectivity index (χ2v) is 4.79. The van der Waals surface area contributed by atoms with E-state index >= 15 is 0 Å². The highest BCUT2D eigenvalue weighted by atomic mass is 14.9. The van der Waals surface area contributed by atoms with E-state index in [1.54, 1.807) is 0 Å². The largest absolute Gasteiger partial charge is 0.342 e. The molecule has 0 aliphatic rings. The smallest absolute Gasteiger partial charge is 0.137 e. The number of benzene rings is 1. The number of hydrogen-bond donors (Lipinski definition) is 1. The minimum Gasteiger partial charge on any atom is -0.342 e. The van der Waals surface area contributed by atoms with Crippen molar-refractivity contribution in [1.82, 2.24) is 9.97 Å². The molecule has 0 saturated heterocycles. The van der Waals surface area contributed by atoms with Crippen molar-refractivity contribution in [3.8, 4) is 17.5 Å². The van der Waals surface area contributed by atoms with Crippen molar-refractivity contribution in [2.45, 2.75) is 39.5 Å². The van der Waals surface area contributed by atoms with Crippen LogP contribution in [0.3, 0.4) is 0 Å². The number of aromatic amines is 1. The molecule has 2 rings (SSSR count). The number of nitriles is 1. The van der Waals surface area contributed by atoms with E-state index in [0.717, 1.165) is 29.2 Å². The molecule has 0 fully saturated rings. The van der Waals surface area contributed by atoms with Crippen LogP contribution in [-0.2, 0) is 12.8 Å². The summed E-state index contributed by atoms with van der Waals surface area (Å²) >= 11 is 0. The highest BCUT2D eigenvalue weighted by Gasteiger charge is 2.07. The Hall–Kier alpha value is -2.08. The third-order valence-corrected chi connectivity index (χ3v) is 3.28. The summed E-state index contributed by atoms with van der Waals surface area (Å²) in [6.07, 6.45) is 3.94. The van der Waals surface area contributed by atoms with Crippen LogP contribution in [0.1, 0.15) is 36.7 Å². The zero-order valence-corrected chi connectivity index (χ0v) is 11.5. The average Bonchev–Trinajstić information content (AvgIpc) is 2.79. The molecule has 0 bridgehead atoms. The van der Waals surface area contributed by atoms with E-state index in [2.05, 4.69) is 47.2 Å². The number of nitrogens with one attached hydrogen (secondary N) is 1. The molecule has 1 aromatic heterocycles. The maximum absolute atomic E-state index is 8.74. The first-order valence-electron chi connectivity index (χ1n) is 6.76. The molecule has 1 heterocycles. The van der Waals surface area contributed by atoms with Gasteiger partial charge in [-0.05, 0) is 25.3 Å². The SMILES string of the molecule is CCCCc1ccc(-c2nc(CC#N)c(C)[nH]2)cc1. The van der Waals surface area contributed by atoms with Gasteiger partial charge in [0.1, 0.15) is 5.82 Å². The van der Waals surface area contributed by atoms with Crippen LogP contribution in [-0.4, -0.2) is 9.97 Å². The molecule has 0 aliphatic heterocycles. The molecule has 1 aromatic carbocycles. The van der Waals surface area contributed by atoms with Crippen LogP contribution < -0.4 is 0 Å². The first kappa shape index (κ1) is 13.4. The summed E-state index contributed by atoms with van der Waals surface area (Å²) in [5.74, 6) is 0.852. The van der Waals surface area contributed by atoms with Crippen LogP contribution in [0.15, 0.2) is 24.3 Å². The fourth-order valence-corrected chi connectivity index (χ4v) is 2.09. The standard InChI is InChI=1S/C16H19N3/c1-3-4-5-13-6-8-14(9-7-13)16-18-12(2)15(19-16)10-11-17/h6-9H,3-5,10H2,1-2H3,(H,18,19). The van der Waals surface area contributed by atoms with Gasteiger partial charge in [0.05, 0.1) is 18.2 Å². The molecule has 0 amide bonds. The number of hydrogen-bond acceptors (Lipinski definition) is 2. The van der Waals surface area contributed by atoms with Crippen molar-refractivity contribution in [3.63, 3.8) is 0 Å². The Morgan fingerprint density at radius 2 is 2.00 bits per heavy atom. The van der Waals surface area contributed by atoms with Crippen molar-refractivity contribution in [3.05, 3.63) is 41.2 Å². The van der Waals surface area contributed by atoms with Gasteiger partial charge in [0, 0.05) is 11.3 Å². The van der Waals surface area contributed by atoms with Crippen molar-refractivity contribution in [2.24, 2.45) is 0 Å². The van der Waals surface area contributed by atoms with Gasteiger partial charge in [0.25, 0.3) is 0 Å². The lowest BCUT2D eigenvalue weighted by molar-refractivity contribution is 0.795. The number of H-pyrrole nitrogens is 1. The van der Waals surface area contributed by atoms with Crippen molar-refractivity contribution in [1.29, 1.82) is 5.26 Å². The molecule has 0 radical (unpaired) electrons. The van der Waals surface area contributed by atoms with Crippen LogP contribution in [0.2, 0.25) is 0 Å². The Labute approximate surface area is 114 Å². The van der Waals surface area contributed by atoms with Gasteiger partial charge in [-0.3, -0.25) is 0 Å². The van der Waals surface area contributed by atoms with Crippen molar-refractivity contribution >= 4 is 0 Å². The van der Waals surface area contributed by atoms with E-state index in [1.807, 2.05) is 6.92 Å². The topological polar surface area (TPSA) is 52.5 Å². The average molecular weight is 253 g/mol. The lowest BCUT2D eigenvalue weighted by atomic mass is 10.1. The van der Waals surface area contributed by atoms with Gasteiger partial charge < -0.3 is 4.98 Å². The first-order valence-corrected chi connectivity index (χ1v) is 6.76. The van der Waals surface area contributed by atoms with Gasteiger partial charge in [-0.15, -0.1) is 0 Å². The van der Waals surface area contributed by atoms with Crippen LogP contribution in [0.5, 0.6) is 0 Å². The Balaban J connectivity index is 2.18. The summed E-state index contributed by atoms with van der Waals surface area (Å²) in [6, 6.07) is 10.7. The summed E-state index contributed by atoms with van der Waals surface area (Å²) in [5.41, 5.74) is 4.26. The minimum absolute atomic E-state index is 0.358. The quantitative estimate of drug-likeness (QED) is 0.881. The molecule has 3 heteroatoms. The predicted molar refractivity (Wildman–Crippen MR) is 76.7 cm³/mol. The highest BCUT2D eigenvalue weighted by Crippen LogP contribution is 2.19. The van der Waals surface area contributed by atoms with Gasteiger partial charge >= 0.3 is 0 Å². The summed E-state index contributed by atoms with van der Waals surface area (Å²) in [7, 11) is 0. The zero-order valence-electron chi connectivity index (χ0n) is 11.5. The number of aromatic nitrogens is 2. The molecule has 2 aromatic rings. The van der Waals surface area contributed by atoms with E-state index < -0.39 is 0 Å². The van der Waals surface area contributed by atoms with Crippen molar-refractivity contribution in [2.75, 3.05) is 0 Å². The van der Waals surface area contributed by atoms with Crippen LogP contribution in [0.25, 0.3) is 11.4 Å². The Bertz CT molecular complexity index is 573. The van der Waals surface area contributed by atoms with Crippen molar-refractivity contribution < 1.29 is 0 Å². The molecule has 3 nitrogen and oxygen atoms in total. The second kappa shape index (κ2) is 6.19. The van der Waals surface area contributed by atoms with E-state index in [1.165, 1.54) is 18.4 Å². The summed E-state index contributed by atoms with van der Waals surface area (Å²) in [4.78, 5) is 7.73. The van der Waals surface area contributed by atoms with Crippen LogP contribution in [0.4, 0.5) is 0 Å². The maximum atomic E-state index is 8.74. The van der Waals surface area contributed by atoms with Gasteiger partial charge in [0.15, 0.2) is 0 Å². The van der Waals surface area contributed by atoms with E-state index in [9.17, 15) is 0 Å². The monoisotopic (exact) mass is 253 g/mol. The molecule has 19 heavy (non-hydrogen) atoms. The fourth-order valence-electron chi connectivity index (χ4n) is 2.09. The molecule has 0 spiro atoms. The third kappa shape index (κ3) is 3.23.